The van der Waals surface area contributed by atoms with Gasteiger partial charge in [0.1, 0.15) is 17.5 Å². The van der Waals surface area contributed by atoms with Crippen LogP contribution in [0, 0.1) is 6.92 Å². The Morgan fingerprint density at radius 2 is 2.19 bits per heavy atom. The lowest BCUT2D eigenvalue weighted by Gasteiger charge is -2.21. The number of hydrogen-bond acceptors (Lipinski definition) is 4. The van der Waals surface area contributed by atoms with Gasteiger partial charge in [-0.1, -0.05) is 17.7 Å². The summed E-state index contributed by atoms with van der Waals surface area (Å²) in [4.78, 5) is 14.1. The van der Waals surface area contributed by atoms with Crippen LogP contribution in [-0.4, -0.2) is 46.7 Å². The van der Waals surface area contributed by atoms with Crippen molar-refractivity contribution in [1.29, 1.82) is 0 Å². The van der Waals surface area contributed by atoms with Crippen molar-refractivity contribution in [3.63, 3.8) is 0 Å². The van der Waals surface area contributed by atoms with Crippen LogP contribution in [0.15, 0.2) is 24.3 Å². The van der Waals surface area contributed by atoms with E-state index < -0.39 is 17.8 Å². The highest BCUT2D eigenvalue weighted by molar-refractivity contribution is 5.92. The van der Waals surface area contributed by atoms with Gasteiger partial charge in [0.25, 0.3) is 5.91 Å². The third-order valence-corrected chi connectivity index (χ3v) is 4.28. The molecular weight excluding hydrogens is 361 g/mol. The molecule has 0 radical (unpaired) electrons. The standard InChI is InChI=1S/C18H21F3N4O2/c1-11-3-4-15-13(7-11)10-25(9-12(2)27-15)6-5-22-17(26)14-8-16(24-23-14)18(19,20)21/h3-4,7-8,12H,5-6,9-10H2,1-2H3,(H,22,26)(H,23,24)/t12-/m0/s1. The summed E-state index contributed by atoms with van der Waals surface area (Å²) >= 11 is 0. The van der Waals surface area contributed by atoms with Gasteiger partial charge in [0.15, 0.2) is 5.69 Å². The maximum atomic E-state index is 12.6. The molecular formula is C18H21F3N4O2. The molecule has 27 heavy (non-hydrogen) atoms. The number of ether oxygens (including phenoxy) is 1. The molecule has 1 aliphatic heterocycles. The maximum absolute atomic E-state index is 12.6. The Bertz CT molecular complexity index is 819. The van der Waals surface area contributed by atoms with Gasteiger partial charge in [0.2, 0.25) is 0 Å². The number of benzene rings is 1. The van der Waals surface area contributed by atoms with Crippen LogP contribution in [0.1, 0.15) is 34.2 Å². The number of fused-ring (bicyclic) bond motifs is 1. The first kappa shape index (κ1) is 19.2. The zero-order chi connectivity index (χ0) is 19.6. The summed E-state index contributed by atoms with van der Waals surface area (Å²) in [6.07, 6.45) is -4.57. The highest BCUT2D eigenvalue weighted by Crippen LogP contribution is 2.28. The van der Waals surface area contributed by atoms with Crippen molar-refractivity contribution in [1.82, 2.24) is 20.4 Å². The van der Waals surface area contributed by atoms with Gasteiger partial charge < -0.3 is 10.1 Å². The van der Waals surface area contributed by atoms with Gasteiger partial charge in [-0.15, -0.1) is 0 Å². The zero-order valence-electron chi connectivity index (χ0n) is 15.1. The highest BCUT2D eigenvalue weighted by Gasteiger charge is 2.33. The van der Waals surface area contributed by atoms with Crippen LogP contribution in [0.2, 0.25) is 0 Å². The molecule has 0 aliphatic carbocycles. The van der Waals surface area contributed by atoms with Gasteiger partial charge in [-0.3, -0.25) is 14.8 Å². The van der Waals surface area contributed by atoms with E-state index >= 15 is 0 Å². The van der Waals surface area contributed by atoms with Crippen LogP contribution in [0.4, 0.5) is 13.2 Å². The summed E-state index contributed by atoms with van der Waals surface area (Å²) in [5.41, 5.74) is 0.890. The molecule has 2 N–H and O–H groups in total. The Morgan fingerprint density at radius 1 is 1.41 bits per heavy atom. The number of nitrogens with one attached hydrogen (secondary N) is 2. The van der Waals surface area contributed by atoms with E-state index in [0.717, 1.165) is 16.9 Å². The lowest BCUT2D eigenvalue weighted by atomic mass is 10.1. The number of halogens is 3. The molecule has 2 heterocycles. The second kappa shape index (κ2) is 7.59. The van der Waals surface area contributed by atoms with Gasteiger partial charge in [-0.05, 0) is 19.9 Å². The molecule has 1 aromatic heterocycles. The number of aromatic nitrogens is 2. The van der Waals surface area contributed by atoms with Crippen molar-refractivity contribution in [2.45, 2.75) is 32.7 Å². The molecule has 146 valence electrons. The van der Waals surface area contributed by atoms with E-state index in [0.29, 0.717) is 32.2 Å². The first-order valence-corrected chi connectivity index (χ1v) is 8.61. The average molecular weight is 382 g/mol. The molecule has 1 aliphatic rings. The molecule has 9 heteroatoms. The summed E-state index contributed by atoms with van der Waals surface area (Å²) < 4.78 is 43.6. The molecule has 1 atom stereocenters. The SMILES string of the molecule is Cc1ccc2c(c1)CN(CCNC(=O)c1cc(C(F)(F)F)[nH]n1)C[C@H](C)O2. The maximum Gasteiger partial charge on any atom is 0.432 e. The van der Waals surface area contributed by atoms with Crippen LogP contribution in [0.25, 0.3) is 0 Å². The molecule has 0 saturated carbocycles. The summed E-state index contributed by atoms with van der Waals surface area (Å²) in [7, 11) is 0. The van der Waals surface area contributed by atoms with E-state index in [2.05, 4.69) is 21.4 Å². The number of carbonyl (C=O) groups excluding carboxylic acids is 1. The molecule has 0 unspecified atom stereocenters. The first-order valence-electron chi connectivity index (χ1n) is 8.61. The first-order chi connectivity index (χ1) is 12.7. The molecule has 2 aromatic rings. The summed E-state index contributed by atoms with van der Waals surface area (Å²) in [5, 5.41) is 7.87. The number of alkyl halides is 3. The van der Waals surface area contributed by atoms with Gasteiger partial charge >= 0.3 is 6.18 Å². The van der Waals surface area contributed by atoms with Gasteiger partial charge in [-0.2, -0.15) is 18.3 Å². The van der Waals surface area contributed by atoms with Crippen molar-refractivity contribution >= 4 is 5.91 Å². The molecule has 0 fully saturated rings. The predicted octanol–water partition coefficient (Wildman–Crippen LogP) is 2.75. The van der Waals surface area contributed by atoms with Crippen LogP contribution in [0.5, 0.6) is 5.75 Å². The topological polar surface area (TPSA) is 70.2 Å². The minimum Gasteiger partial charge on any atom is -0.489 e. The smallest absolute Gasteiger partial charge is 0.432 e. The van der Waals surface area contributed by atoms with Crippen molar-refractivity contribution < 1.29 is 22.7 Å². The number of rotatable bonds is 4. The molecule has 1 aromatic carbocycles. The second-order valence-corrected chi connectivity index (χ2v) is 6.70. The third-order valence-electron chi connectivity index (χ3n) is 4.28. The minimum atomic E-state index is -4.56. The Balaban J connectivity index is 1.56. The summed E-state index contributed by atoms with van der Waals surface area (Å²) in [6.45, 7) is 6.19. The van der Waals surface area contributed by atoms with Crippen molar-refractivity contribution in [3.05, 3.63) is 46.8 Å². The number of aryl methyl sites for hydroxylation is 1. The van der Waals surface area contributed by atoms with Crippen LogP contribution in [-0.2, 0) is 12.7 Å². The lowest BCUT2D eigenvalue weighted by Crippen LogP contribution is -2.37. The third kappa shape index (κ3) is 4.79. The average Bonchev–Trinajstić information content (AvgIpc) is 3.02. The zero-order valence-corrected chi connectivity index (χ0v) is 15.1. The molecule has 1 amide bonds. The fraction of sp³-hybridized carbons (Fsp3) is 0.444. The van der Waals surface area contributed by atoms with E-state index in [4.69, 9.17) is 4.74 Å². The fourth-order valence-corrected chi connectivity index (χ4v) is 3.04. The van der Waals surface area contributed by atoms with E-state index in [-0.39, 0.29) is 11.8 Å². The second-order valence-electron chi connectivity index (χ2n) is 6.70. The summed E-state index contributed by atoms with van der Waals surface area (Å²) in [5.74, 6) is 0.216. The summed E-state index contributed by atoms with van der Waals surface area (Å²) in [6, 6.07) is 6.74. The molecule has 6 nitrogen and oxygen atoms in total. The number of aromatic amines is 1. The fourth-order valence-electron chi connectivity index (χ4n) is 3.04. The largest absolute Gasteiger partial charge is 0.489 e. The van der Waals surface area contributed by atoms with Crippen LogP contribution >= 0.6 is 0 Å². The number of amides is 1. The Morgan fingerprint density at radius 3 is 2.89 bits per heavy atom. The van der Waals surface area contributed by atoms with E-state index in [1.807, 2.05) is 31.1 Å². The van der Waals surface area contributed by atoms with Gasteiger partial charge in [-0.25, -0.2) is 0 Å². The van der Waals surface area contributed by atoms with Crippen LogP contribution < -0.4 is 10.1 Å². The van der Waals surface area contributed by atoms with Crippen molar-refractivity contribution in [2.24, 2.45) is 0 Å². The lowest BCUT2D eigenvalue weighted by molar-refractivity contribution is -0.141. The van der Waals surface area contributed by atoms with E-state index in [1.165, 1.54) is 0 Å². The molecule has 3 rings (SSSR count). The minimum absolute atomic E-state index is 0.00894. The molecule has 0 bridgehead atoms. The molecule has 0 saturated heterocycles. The number of hydrogen-bond donors (Lipinski definition) is 2. The van der Waals surface area contributed by atoms with Crippen molar-refractivity contribution in [3.8, 4) is 5.75 Å². The predicted molar refractivity (Wildman–Crippen MR) is 92.5 cm³/mol. The quantitative estimate of drug-likeness (QED) is 0.853. The van der Waals surface area contributed by atoms with E-state index in [1.54, 1.807) is 0 Å². The molecule has 0 spiro atoms. The monoisotopic (exact) mass is 382 g/mol. The van der Waals surface area contributed by atoms with Gasteiger partial charge in [0.05, 0.1) is 0 Å². The normalized spacial score (nSPS) is 17.7. The van der Waals surface area contributed by atoms with Gasteiger partial charge in [0, 0.05) is 37.8 Å². The Kier molecular flexibility index (Phi) is 5.41. The Hall–Kier alpha value is -2.55. The van der Waals surface area contributed by atoms with Crippen molar-refractivity contribution in [2.75, 3.05) is 19.6 Å². The number of carbonyl (C=O) groups is 1. The highest BCUT2D eigenvalue weighted by atomic mass is 19.4. The number of H-pyrrole nitrogens is 1. The Labute approximate surface area is 154 Å². The number of nitrogens with zero attached hydrogens (tertiary/aromatic N) is 2. The van der Waals surface area contributed by atoms with Crippen LogP contribution in [0.3, 0.4) is 0 Å². The van der Waals surface area contributed by atoms with E-state index in [9.17, 15) is 18.0 Å².